The van der Waals surface area contributed by atoms with E-state index in [4.69, 9.17) is 9.84 Å². The number of amides is 1. The minimum Gasteiger partial charge on any atom is -0.484 e. The van der Waals surface area contributed by atoms with Crippen LogP contribution in [0.1, 0.15) is 20.8 Å². The number of aliphatic carboxylic acids is 1. The molecule has 0 aromatic heterocycles. The van der Waals surface area contributed by atoms with E-state index >= 15 is 0 Å². The molecular weight excluding hydrogens is 278 g/mol. The molecule has 5 nitrogen and oxygen atoms in total. The second-order valence-corrected chi connectivity index (χ2v) is 6.33. The zero-order valence-corrected chi connectivity index (χ0v) is 12.5. The second kappa shape index (κ2) is 5.36. The Kier molecular flexibility index (Phi) is 3.94. The summed E-state index contributed by atoms with van der Waals surface area (Å²) in [4.78, 5) is 24.9. The van der Waals surface area contributed by atoms with Gasteiger partial charge >= 0.3 is 5.97 Å². The highest BCUT2D eigenvalue weighted by Crippen LogP contribution is 2.39. The van der Waals surface area contributed by atoms with Gasteiger partial charge in [-0.2, -0.15) is 0 Å². The largest absolute Gasteiger partial charge is 0.484 e. The normalized spacial score (nSPS) is 16.2. The van der Waals surface area contributed by atoms with Crippen LogP contribution in [0.2, 0.25) is 0 Å². The SMILES string of the molecule is CC(=O)N1CC(C)(C)Oc2ccc(SCC(=O)O)cc21. The van der Waals surface area contributed by atoms with Crippen molar-refractivity contribution in [2.24, 2.45) is 0 Å². The maximum Gasteiger partial charge on any atom is 0.313 e. The van der Waals surface area contributed by atoms with Crippen molar-refractivity contribution in [3.63, 3.8) is 0 Å². The lowest BCUT2D eigenvalue weighted by Crippen LogP contribution is -2.48. The molecule has 0 saturated heterocycles. The zero-order chi connectivity index (χ0) is 14.9. The van der Waals surface area contributed by atoms with E-state index in [-0.39, 0.29) is 11.7 Å². The molecule has 0 radical (unpaired) electrons. The summed E-state index contributed by atoms with van der Waals surface area (Å²) < 4.78 is 5.86. The molecule has 0 bridgehead atoms. The molecule has 2 rings (SSSR count). The van der Waals surface area contributed by atoms with Gasteiger partial charge < -0.3 is 14.7 Å². The Balaban J connectivity index is 2.33. The summed E-state index contributed by atoms with van der Waals surface area (Å²) >= 11 is 1.22. The predicted octanol–water partition coefficient (Wildman–Crippen LogP) is 2.39. The van der Waals surface area contributed by atoms with E-state index in [1.807, 2.05) is 19.9 Å². The molecule has 1 aromatic carbocycles. The monoisotopic (exact) mass is 295 g/mol. The van der Waals surface area contributed by atoms with E-state index in [1.54, 1.807) is 17.0 Å². The summed E-state index contributed by atoms with van der Waals surface area (Å²) in [6.07, 6.45) is 0. The van der Waals surface area contributed by atoms with Crippen molar-refractivity contribution in [2.75, 3.05) is 17.2 Å². The molecule has 0 unspecified atom stereocenters. The number of fused-ring (bicyclic) bond motifs is 1. The predicted molar refractivity (Wildman–Crippen MR) is 77.5 cm³/mol. The lowest BCUT2D eigenvalue weighted by molar-refractivity contribution is -0.133. The molecule has 20 heavy (non-hydrogen) atoms. The van der Waals surface area contributed by atoms with Gasteiger partial charge in [0.15, 0.2) is 0 Å². The van der Waals surface area contributed by atoms with E-state index in [9.17, 15) is 9.59 Å². The van der Waals surface area contributed by atoms with Crippen molar-refractivity contribution in [3.8, 4) is 5.75 Å². The third-order valence-corrected chi connectivity index (χ3v) is 3.87. The third kappa shape index (κ3) is 3.25. The van der Waals surface area contributed by atoms with Gasteiger partial charge in [-0.3, -0.25) is 9.59 Å². The smallest absolute Gasteiger partial charge is 0.313 e. The summed E-state index contributed by atoms with van der Waals surface area (Å²) in [5, 5.41) is 8.71. The van der Waals surface area contributed by atoms with E-state index < -0.39 is 11.6 Å². The van der Waals surface area contributed by atoms with Gasteiger partial charge in [-0.1, -0.05) is 0 Å². The van der Waals surface area contributed by atoms with Crippen molar-refractivity contribution >= 4 is 29.3 Å². The van der Waals surface area contributed by atoms with Crippen LogP contribution in [0.15, 0.2) is 23.1 Å². The Morgan fingerprint density at radius 1 is 1.45 bits per heavy atom. The number of ether oxygens (including phenoxy) is 1. The topological polar surface area (TPSA) is 66.8 Å². The highest BCUT2D eigenvalue weighted by atomic mass is 32.2. The fourth-order valence-corrected chi connectivity index (χ4v) is 2.76. The number of hydrogen-bond donors (Lipinski definition) is 1. The minimum absolute atomic E-state index is 0.00872. The molecule has 0 spiro atoms. The average Bonchev–Trinajstić information content (AvgIpc) is 2.34. The molecule has 1 heterocycles. The van der Waals surface area contributed by atoms with Gasteiger partial charge in [-0.15, -0.1) is 11.8 Å². The number of anilines is 1. The lowest BCUT2D eigenvalue weighted by atomic mass is 10.1. The number of carboxylic acids is 1. The lowest BCUT2D eigenvalue weighted by Gasteiger charge is -2.39. The van der Waals surface area contributed by atoms with Gasteiger partial charge in [0.05, 0.1) is 18.0 Å². The quantitative estimate of drug-likeness (QED) is 0.867. The zero-order valence-electron chi connectivity index (χ0n) is 11.7. The van der Waals surface area contributed by atoms with Gasteiger partial charge in [0.1, 0.15) is 11.4 Å². The standard InChI is InChI=1S/C14H17NO4S/c1-9(16)15-8-14(2,3)19-12-5-4-10(6-11(12)15)20-7-13(17)18/h4-6H,7-8H2,1-3H3,(H,17,18). The van der Waals surface area contributed by atoms with E-state index in [1.165, 1.54) is 18.7 Å². The summed E-state index contributed by atoms with van der Waals surface area (Å²) in [5.41, 5.74) is 0.265. The molecule has 0 atom stereocenters. The van der Waals surface area contributed by atoms with Crippen LogP contribution >= 0.6 is 11.8 Å². The fraction of sp³-hybridized carbons (Fsp3) is 0.429. The van der Waals surface area contributed by atoms with Crippen molar-refractivity contribution in [1.82, 2.24) is 0 Å². The Morgan fingerprint density at radius 2 is 2.15 bits per heavy atom. The first-order chi connectivity index (χ1) is 9.28. The summed E-state index contributed by atoms with van der Waals surface area (Å²) in [6, 6.07) is 5.40. The first-order valence-corrected chi connectivity index (χ1v) is 7.23. The summed E-state index contributed by atoms with van der Waals surface area (Å²) in [6.45, 7) is 5.85. The maximum absolute atomic E-state index is 11.8. The average molecular weight is 295 g/mol. The van der Waals surface area contributed by atoms with Crippen LogP contribution in [0, 0.1) is 0 Å². The third-order valence-electron chi connectivity index (χ3n) is 2.89. The van der Waals surface area contributed by atoms with Gasteiger partial charge in [-0.25, -0.2) is 0 Å². The van der Waals surface area contributed by atoms with Crippen LogP contribution in [-0.4, -0.2) is 34.9 Å². The van der Waals surface area contributed by atoms with Gasteiger partial charge in [0.25, 0.3) is 0 Å². The number of benzene rings is 1. The molecular formula is C14H17NO4S. The molecule has 1 aromatic rings. The van der Waals surface area contributed by atoms with Crippen LogP contribution in [0.5, 0.6) is 5.75 Å². The number of carbonyl (C=O) groups is 2. The van der Waals surface area contributed by atoms with E-state index in [0.29, 0.717) is 18.0 Å². The number of carboxylic acid groups (broad SMARTS) is 1. The Hall–Kier alpha value is -1.69. The first kappa shape index (κ1) is 14.7. The molecule has 0 aliphatic carbocycles. The minimum atomic E-state index is -0.867. The highest BCUT2D eigenvalue weighted by Gasteiger charge is 2.33. The molecule has 1 aliphatic heterocycles. The molecule has 1 N–H and O–H groups in total. The van der Waals surface area contributed by atoms with Crippen molar-refractivity contribution < 1.29 is 19.4 Å². The second-order valence-electron chi connectivity index (χ2n) is 5.28. The Bertz CT molecular complexity index is 556. The van der Waals surface area contributed by atoms with Crippen LogP contribution in [0.4, 0.5) is 5.69 Å². The van der Waals surface area contributed by atoms with Gasteiger partial charge in [0.2, 0.25) is 5.91 Å². The van der Waals surface area contributed by atoms with Crippen molar-refractivity contribution in [1.29, 1.82) is 0 Å². The number of carbonyl (C=O) groups excluding carboxylic acids is 1. The molecule has 108 valence electrons. The Labute approximate surface area is 121 Å². The molecule has 0 saturated carbocycles. The van der Waals surface area contributed by atoms with Crippen LogP contribution in [0.25, 0.3) is 0 Å². The van der Waals surface area contributed by atoms with Crippen LogP contribution < -0.4 is 9.64 Å². The van der Waals surface area contributed by atoms with Crippen LogP contribution in [0.3, 0.4) is 0 Å². The Morgan fingerprint density at radius 3 is 2.75 bits per heavy atom. The first-order valence-electron chi connectivity index (χ1n) is 6.24. The summed E-state index contributed by atoms with van der Waals surface area (Å²) in [7, 11) is 0. The van der Waals surface area contributed by atoms with Gasteiger partial charge in [-0.05, 0) is 32.0 Å². The highest BCUT2D eigenvalue weighted by molar-refractivity contribution is 8.00. The number of nitrogens with zero attached hydrogens (tertiary/aromatic N) is 1. The van der Waals surface area contributed by atoms with Crippen molar-refractivity contribution in [2.45, 2.75) is 31.3 Å². The van der Waals surface area contributed by atoms with E-state index in [0.717, 1.165) is 4.90 Å². The number of hydrogen-bond acceptors (Lipinski definition) is 4. The van der Waals surface area contributed by atoms with Crippen LogP contribution in [-0.2, 0) is 9.59 Å². The maximum atomic E-state index is 11.8. The molecule has 6 heteroatoms. The summed E-state index contributed by atoms with van der Waals surface area (Å²) in [5.74, 6) is -0.279. The van der Waals surface area contributed by atoms with E-state index in [2.05, 4.69) is 0 Å². The fourth-order valence-electron chi connectivity index (χ4n) is 2.11. The van der Waals surface area contributed by atoms with Crippen molar-refractivity contribution in [3.05, 3.63) is 18.2 Å². The molecule has 1 aliphatic rings. The number of rotatable bonds is 3. The number of thioether (sulfide) groups is 1. The molecule has 1 amide bonds. The van der Waals surface area contributed by atoms with Gasteiger partial charge in [0, 0.05) is 11.8 Å². The molecule has 0 fully saturated rings.